The molecule has 6 aromatic carbocycles. The number of hydrogen-bond donors (Lipinski definition) is 1. The number of furan rings is 2. The van der Waals surface area contributed by atoms with Crippen molar-refractivity contribution in [3.63, 3.8) is 0 Å². The van der Waals surface area contributed by atoms with Crippen LogP contribution in [-0.2, 0) is 0 Å². The largest absolute Gasteiger partial charge is 0.456 e. The summed E-state index contributed by atoms with van der Waals surface area (Å²) in [5.74, 6) is 0. The molecule has 3 heterocycles. The molecule has 9 aromatic rings. The van der Waals surface area contributed by atoms with Crippen molar-refractivity contribution >= 4 is 81.6 Å². The number of nitrogens with one attached hydrogen (secondary N) is 1. The molecule has 192 valence electrons. The van der Waals surface area contributed by atoms with Gasteiger partial charge in [-0.1, -0.05) is 66.7 Å². The summed E-state index contributed by atoms with van der Waals surface area (Å²) < 4.78 is 15.2. The van der Waals surface area contributed by atoms with Gasteiger partial charge in [0.05, 0.1) is 0 Å². The summed E-state index contributed by atoms with van der Waals surface area (Å²) in [4.78, 5) is 0. The highest BCUT2D eigenvalue weighted by atomic mass is 32.1. The van der Waals surface area contributed by atoms with Gasteiger partial charge in [0.1, 0.15) is 22.3 Å². The molecular weight excluding hydrogens is 522 g/mol. The highest BCUT2D eigenvalue weighted by molar-refractivity contribution is 7.25. The van der Waals surface area contributed by atoms with Crippen molar-refractivity contribution in [2.24, 2.45) is 0 Å². The first-order chi connectivity index (χ1) is 20.2. The molecule has 0 saturated heterocycles. The smallest absolute Gasteiger partial charge is 0.136 e. The lowest BCUT2D eigenvalue weighted by Gasteiger charge is -2.05. The van der Waals surface area contributed by atoms with Crippen LogP contribution in [0.5, 0.6) is 0 Å². The number of fused-ring (bicyclic) bond motifs is 9. The van der Waals surface area contributed by atoms with E-state index in [0.29, 0.717) is 0 Å². The lowest BCUT2D eigenvalue weighted by Crippen LogP contribution is -1.82. The molecule has 41 heavy (non-hydrogen) atoms. The molecule has 0 saturated carbocycles. The maximum absolute atomic E-state index is 7.90. The molecular formula is C37H21NO2S. The van der Waals surface area contributed by atoms with Gasteiger partial charge in [0.2, 0.25) is 0 Å². The second-order valence-electron chi connectivity index (χ2n) is 10.5. The maximum atomic E-state index is 7.90. The summed E-state index contributed by atoms with van der Waals surface area (Å²) in [7, 11) is 0. The van der Waals surface area contributed by atoms with Crippen molar-refractivity contribution in [3.8, 4) is 22.3 Å². The number of thiophene rings is 1. The molecule has 9 rings (SSSR count). The van der Waals surface area contributed by atoms with E-state index in [1.165, 1.54) is 32.0 Å². The van der Waals surface area contributed by atoms with Crippen LogP contribution >= 0.6 is 11.3 Å². The van der Waals surface area contributed by atoms with E-state index in [9.17, 15) is 0 Å². The van der Waals surface area contributed by atoms with Crippen LogP contribution in [0.4, 0.5) is 0 Å². The van der Waals surface area contributed by atoms with E-state index in [-0.39, 0.29) is 0 Å². The molecule has 0 bridgehead atoms. The lowest BCUT2D eigenvalue weighted by atomic mass is 9.96. The fraction of sp³-hybridized carbons (Fsp3) is 0. The Balaban J connectivity index is 1.21. The summed E-state index contributed by atoms with van der Waals surface area (Å²) in [6, 6.07) is 40.3. The molecule has 0 atom stereocenters. The summed E-state index contributed by atoms with van der Waals surface area (Å²) in [5, 5.41) is 14.7. The van der Waals surface area contributed by atoms with E-state index in [2.05, 4.69) is 84.9 Å². The second-order valence-corrected chi connectivity index (χ2v) is 11.6. The van der Waals surface area contributed by atoms with Crippen molar-refractivity contribution < 1.29 is 8.83 Å². The molecule has 0 amide bonds. The third-order valence-corrected chi connectivity index (χ3v) is 9.34. The van der Waals surface area contributed by atoms with E-state index < -0.39 is 0 Å². The van der Waals surface area contributed by atoms with E-state index in [1.54, 1.807) is 0 Å². The van der Waals surface area contributed by atoms with Crippen molar-refractivity contribution in [1.82, 2.24) is 0 Å². The van der Waals surface area contributed by atoms with Gasteiger partial charge in [-0.25, -0.2) is 0 Å². The quantitative estimate of drug-likeness (QED) is 0.225. The average molecular weight is 544 g/mol. The Bertz CT molecular complexity index is 2510. The average Bonchev–Trinajstić information content (AvgIpc) is 3.70. The van der Waals surface area contributed by atoms with Crippen LogP contribution in [0, 0.1) is 5.41 Å². The molecule has 0 aliphatic carbocycles. The predicted molar refractivity (Wildman–Crippen MR) is 173 cm³/mol. The number of hydrogen-bond acceptors (Lipinski definition) is 4. The van der Waals surface area contributed by atoms with Gasteiger partial charge in [0, 0.05) is 53.5 Å². The molecule has 0 aliphatic heterocycles. The van der Waals surface area contributed by atoms with Crippen LogP contribution in [0.1, 0.15) is 5.56 Å². The van der Waals surface area contributed by atoms with Crippen molar-refractivity contribution in [2.45, 2.75) is 0 Å². The first-order valence-corrected chi connectivity index (χ1v) is 14.4. The van der Waals surface area contributed by atoms with E-state index >= 15 is 0 Å². The van der Waals surface area contributed by atoms with Gasteiger partial charge in [0.15, 0.2) is 0 Å². The first kappa shape index (κ1) is 22.6. The van der Waals surface area contributed by atoms with Crippen LogP contribution in [0.15, 0.2) is 124 Å². The second kappa shape index (κ2) is 8.40. The molecule has 0 radical (unpaired) electrons. The van der Waals surface area contributed by atoms with Crippen molar-refractivity contribution in [2.75, 3.05) is 0 Å². The topological polar surface area (TPSA) is 50.1 Å². The Labute approximate surface area is 238 Å². The van der Waals surface area contributed by atoms with Crippen molar-refractivity contribution in [3.05, 3.63) is 121 Å². The minimum Gasteiger partial charge on any atom is -0.456 e. The standard InChI is InChI=1S/C37H21NO2S/c38-20-24-5-3-8-31-36(24)29-17-23(13-16-30(29)39-31)25-7-4-9-32-37(25)28-15-12-21(18-33(28)40-32)22-11-14-27-26-6-1-2-10-34(26)41-35(27)19-22/h1-20,38H. The molecule has 3 aromatic heterocycles. The van der Waals surface area contributed by atoms with Crippen LogP contribution in [0.25, 0.3) is 86.3 Å². The highest BCUT2D eigenvalue weighted by Crippen LogP contribution is 2.41. The molecule has 0 unspecified atom stereocenters. The maximum Gasteiger partial charge on any atom is 0.136 e. The first-order valence-electron chi connectivity index (χ1n) is 13.6. The molecule has 0 aliphatic rings. The molecule has 0 spiro atoms. The van der Waals surface area contributed by atoms with Crippen LogP contribution < -0.4 is 0 Å². The van der Waals surface area contributed by atoms with Gasteiger partial charge in [0.25, 0.3) is 0 Å². The minimum atomic E-state index is 0.798. The zero-order valence-corrected chi connectivity index (χ0v) is 22.6. The van der Waals surface area contributed by atoms with E-state index in [4.69, 9.17) is 14.2 Å². The Kier molecular flexibility index (Phi) is 4.63. The Hall–Kier alpha value is -5.19. The van der Waals surface area contributed by atoms with E-state index in [0.717, 1.165) is 66.1 Å². The van der Waals surface area contributed by atoms with Gasteiger partial charge in [-0.3, -0.25) is 0 Å². The molecule has 4 heteroatoms. The minimum absolute atomic E-state index is 0.798. The Morgan fingerprint density at radius 3 is 2.12 bits per heavy atom. The third kappa shape index (κ3) is 3.28. The monoisotopic (exact) mass is 543 g/mol. The fourth-order valence-corrected chi connectivity index (χ4v) is 7.44. The highest BCUT2D eigenvalue weighted by Gasteiger charge is 2.16. The van der Waals surface area contributed by atoms with Crippen LogP contribution in [0.3, 0.4) is 0 Å². The van der Waals surface area contributed by atoms with Gasteiger partial charge in [-0.05, 0) is 70.8 Å². The Morgan fingerprint density at radius 1 is 0.488 bits per heavy atom. The van der Waals surface area contributed by atoms with Gasteiger partial charge >= 0.3 is 0 Å². The van der Waals surface area contributed by atoms with Gasteiger partial charge < -0.3 is 14.2 Å². The molecule has 0 fully saturated rings. The third-order valence-electron chi connectivity index (χ3n) is 8.20. The summed E-state index contributed by atoms with van der Waals surface area (Å²) in [6.45, 7) is 0. The van der Waals surface area contributed by atoms with Crippen LogP contribution in [-0.4, -0.2) is 6.21 Å². The number of rotatable bonds is 3. The Morgan fingerprint density at radius 2 is 1.22 bits per heavy atom. The summed E-state index contributed by atoms with van der Waals surface area (Å²) in [5.41, 5.74) is 8.75. The summed E-state index contributed by atoms with van der Waals surface area (Å²) >= 11 is 1.84. The summed E-state index contributed by atoms with van der Waals surface area (Å²) in [6.07, 6.45) is 1.39. The molecule has 3 nitrogen and oxygen atoms in total. The SMILES string of the molecule is N=Cc1cccc2oc3ccc(-c4cccc5oc6cc(-c7ccc8c(c7)sc7ccccc78)ccc6c45)cc3c12. The number of benzene rings is 6. The van der Waals surface area contributed by atoms with Crippen molar-refractivity contribution in [1.29, 1.82) is 5.41 Å². The zero-order chi connectivity index (χ0) is 27.1. The van der Waals surface area contributed by atoms with Gasteiger partial charge in [-0.2, -0.15) is 0 Å². The fourth-order valence-electron chi connectivity index (χ4n) is 6.29. The normalized spacial score (nSPS) is 12.0. The van der Waals surface area contributed by atoms with E-state index in [1.807, 2.05) is 41.7 Å². The predicted octanol–water partition coefficient (Wildman–Crippen LogP) is 11.2. The zero-order valence-electron chi connectivity index (χ0n) is 21.8. The molecule has 1 N–H and O–H groups in total. The van der Waals surface area contributed by atoms with Crippen LogP contribution in [0.2, 0.25) is 0 Å². The van der Waals surface area contributed by atoms with Gasteiger partial charge in [-0.15, -0.1) is 11.3 Å². The lowest BCUT2D eigenvalue weighted by molar-refractivity contribution is 0.669.